The quantitative estimate of drug-likeness (QED) is 0.788. The Balaban J connectivity index is 1.94. The number of hydrogen-bond acceptors (Lipinski definition) is 4. The lowest BCUT2D eigenvalue weighted by molar-refractivity contribution is 1.14. The lowest BCUT2D eigenvalue weighted by Gasteiger charge is -2.10. The Bertz CT molecular complexity index is 736. The Labute approximate surface area is 123 Å². The second-order valence-corrected chi connectivity index (χ2v) is 4.95. The number of nitrogens with zero attached hydrogens (tertiary/aromatic N) is 3. The van der Waals surface area contributed by atoms with Crippen LogP contribution in [0.2, 0.25) is 0 Å². The van der Waals surface area contributed by atoms with Crippen LogP contribution in [0.25, 0.3) is 11.4 Å². The van der Waals surface area contributed by atoms with Gasteiger partial charge in [0, 0.05) is 35.4 Å². The van der Waals surface area contributed by atoms with E-state index in [-0.39, 0.29) is 0 Å². The molecule has 0 aliphatic rings. The average Bonchev–Trinajstić information content (AvgIpc) is 2.51. The molecule has 2 heterocycles. The standard InChI is InChI=1S/C17H16N4/c1-12-3-5-14(6-4-12)17-19-11-13(2)16(21-17)20-15-7-9-18-10-8-15/h3-11H,1-2H3,(H,18,19,20,21). The van der Waals surface area contributed by atoms with Crippen LogP contribution >= 0.6 is 0 Å². The predicted octanol–water partition coefficient (Wildman–Crippen LogP) is 3.90. The van der Waals surface area contributed by atoms with E-state index in [1.54, 1.807) is 12.4 Å². The van der Waals surface area contributed by atoms with Gasteiger partial charge in [-0.25, -0.2) is 9.97 Å². The van der Waals surface area contributed by atoms with Crippen LogP contribution in [0.4, 0.5) is 11.5 Å². The van der Waals surface area contributed by atoms with E-state index in [1.165, 1.54) is 5.56 Å². The van der Waals surface area contributed by atoms with Crippen molar-refractivity contribution in [1.29, 1.82) is 0 Å². The first-order chi connectivity index (χ1) is 10.2. The first kappa shape index (κ1) is 13.2. The molecular weight excluding hydrogens is 260 g/mol. The monoisotopic (exact) mass is 276 g/mol. The zero-order chi connectivity index (χ0) is 14.7. The largest absolute Gasteiger partial charge is 0.340 e. The molecule has 0 atom stereocenters. The summed E-state index contributed by atoms with van der Waals surface area (Å²) in [5.41, 5.74) is 4.20. The highest BCUT2D eigenvalue weighted by Gasteiger charge is 2.06. The number of nitrogens with one attached hydrogen (secondary N) is 1. The molecule has 21 heavy (non-hydrogen) atoms. The van der Waals surface area contributed by atoms with Crippen LogP contribution in [0.3, 0.4) is 0 Å². The molecule has 104 valence electrons. The number of rotatable bonds is 3. The fourth-order valence-corrected chi connectivity index (χ4v) is 1.98. The Morgan fingerprint density at radius 1 is 0.905 bits per heavy atom. The summed E-state index contributed by atoms with van der Waals surface area (Å²) in [7, 11) is 0. The topological polar surface area (TPSA) is 50.7 Å². The van der Waals surface area contributed by atoms with Gasteiger partial charge in [-0.15, -0.1) is 0 Å². The van der Waals surface area contributed by atoms with Gasteiger partial charge in [0.2, 0.25) is 0 Å². The van der Waals surface area contributed by atoms with Gasteiger partial charge in [-0.3, -0.25) is 4.98 Å². The van der Waals surface area contributed by atoms with E-state index in [1.807, 2.05) is 37.4 Å². The molecule has 0 spiro atoms. The van der Waals surface area contributed by atoms with E-state index >= 15 is 0 Å². The highest BCUT2D eigenvalue weighted by atomic mass is 15.0. The van der Waals surface area contributed by atoms with Crippen LogP contribution < -0.4 is 5.32 Å². The van der Waals surface area contributed by atoms with Crippen LogP contribution in [0.5, 0.6) is 0 Å². The second kappa shape index (κ2) is 5.71. The molecule has 0 amide bonds. The van der Waals surface area contributed by atoms with E-state index in [0.717, 1.165) is 28.5 Å². The van der Waals surface area contributed by atoms with Crippen LogP contribution in [0, 0.1) is 13.8 Å². The third-order valence-electron chi connectivity index (χ3n) is 3.22. The maximum absolute atomic E-state index is 4.62. The van der Waals surface area contributed by atoms with Crippen molar-refractivity contribution in [2.24, 2.45) is 0 Å². The molecule has 0 aliphatic carbocycles. The summed E-state index contributed by atoms with van der Waals surface area (Å²) in [5.74, 6) is 1.53. The summed E-state index contributed by atoms with van der Waals surface area (Å²) in [4.78, 5) is 13.1. The van der Waals surface area contributed by atoms with Crippen molar-refractivity contribution < 1.29 is 0 Å². The first-order valence-corrected chi connectivity index (χ1v) is 6.80. The van der Waals surface area contributed by atoms with E-state index < -0.39 is 0 Å². The van der Waals surface area contributed by atoms with Crippen LogP contribution in [0.1, 0.15) is 11.1 Å². The molecule has 0 saturated heterocycles. The molecular formula is C17H16N4. The van der Waals surface area contributed by atoms with E-state index in [2.05, 4.69) is 39.3 Å². The van der Waals surface area contributed by atoms with Crippen molar-refractivity contribution in [3.8, 4) is 11.4 Å². The molecule has 0 saturated carbocycles. The molecule has 1 aromatic carbocycles. The molecule has 0 bridgehead atoms. The summed E-state index contributed by atoms with van der Waals surface area (Å²) in [6.07, 6.45) is 5.34. The Morgan fingerprint density at radius 3 is 2.33 bits per heavy atom. The van der Waals surface area contributed by atoms with Crippen LogP contribution in [-0.2, 0) is 0 Å². The van der Waals surface area contributed by atoms with Gasteiger partial charge in [0.15, 0.2) is 5.82 Å². The van der Waals surface area contributed by atoms with Gasteiger partial charge in [-0.1, -0.05) is 29.8 Å². The zero-order valence-corrected chi connectivity index (χ0v) is 12.0. The smallest absolute Gasteiger partial charge is 0.161 e. The molecule has 3 aromatic rings. The zero-order valence-electron chi connectivity index (χ0n) is 12.0. The maximum atomic E-state index is 4.62. The molecule has 0 fully saturated rings. The lowest BCUT2D eigenvalue weighted by Crippen LogP contribution is -2.00. The molecule has 0 radical (unpaired) electrons. The maximum Gasteiger partial charge on any atom is 0.161 e. The summed E-state index contributed by atoms with van der Waals surface area (Å²) in [6, 6.07) is 12.0. The Morgan fingerprint density at radius 2 is 1.62 bits per heavy atom. The minimum Gasteiger partial charge on any atom is -0.340 e. The molecule has 0 aliphatic heterocycles. The minimum atomic E-state index is 0.720. The van der Waals surface area contributed by atoms with E-state index in [9.17, 15) is 0 Å². The molecule has 4 heteroatoms. The van der Waals surface area contributed by atoms with Gasteiger partial charge < -0.3 is 5.32 Å². The van der Waals surface area contributed by atoms with Gasteiger partial charge in [0.1, 0.15) is 5.82 Å². The summed E-state index contributed by atoms with van der Waals surface area (Å²) >= 11 is 0. The third-order valence-corrected chi connectivity index (χ3v) is 3.22. The van der Waals surface area contributed by atoms with E-state index in [4.69, 9.17) is 0 Å². The summed E-state index contributed by atoms with van der Waals surface area (Å²) in [6.45, 7) is 4.05. The highest BCUT2D eigenvalue weighted by molar-refractivity contribution is 5.63. The number of benzene rings is 1. The highest BCUT2D eigenvalue weighted by Crippen LogP contribution is 2.21. The molecule has 4 nitrogen and oxygen atoms in total. The van der Waals surface area contributed by atoms with Crippen LogP contribution in [-0.4, -0.2) is 15.0 Å². The Hall–Kier alpha value is -2.75. The van der Waals surface area contributed by atoms with Crippen LogP contribution in [0.15, 0.2) is 55.0 Å². The normalized spacial score (nSPS) is 10.4. The fourth-order valence-electron chi connectivity index (χ4n) is 1.98. The van der Waals surface area contributed by atoms with Gasteiger partial charge in [0.25, 0.3) is 0 Å². The van der Waals surface area contributed by atoms with Crippen molar-refractivity contribution in [2.45, 2.75) is 13.8 Å². The van der Waals surface area contributed by atoms with Crippen molar-refractivity contribution >= 4 is 11.5 Å². The third kappa shape index (κ3) is 3.05. The molecule has 3 rings (SSSR count). The van der Waals surface area contributed by atoms with Crippen molar-refractivity contribution in [1.82, 2.24) is 15.0 Å². The second-order valence-electron chi connectivity index (χ2n) is 4.95. The lowest BCUT2D eigenvalue weighted by atomic mass is 10.1. The SMILES string of the molecule is Cc1ccc(-c2ncc(C)c(Nc3ccncc3)n2)cc1. The number of aromatic nitrogens is 3. The van der Waals surface area contributed by atoms with Gasteiger partial charge >= 0.3 is 0 Å². The van der Waals surface area contributed by atoms with Crippen molar-refractivity contribution in [2.75, 3.05) is 5.32 Å². The first-order valence-electron chi connectivity index (χ1n) is 6.80. The van der Waals surface area contributed by atoms with Gasteiger partial charge in [-0.2, -0.15) is 0 Å². The van der Waals surface area contributed by atoms with Crippen molar-refractivity contribution in [3.05, 3.63) is 66.1 Å². The molecule has 0 unspecified atom stereocenters. The minimum absolute atomic E-state index is 0.720. The average molecular weight is 276 g/mol. The van der Waals surface area contributed by atoms with Crippen molar-refractivity contribution in [3.63, 3.8) is 0 Å². The van der Waals surface area contributed by atoms with Gasteiger partial charge in [-0.05, 0) is 26.0 Å². The number of anilines is 2. The van der Waals surface area contributed by atoms with E-state index in [0.29, 0.717) is 0 Å². The Kier molecular flexibility index (Phi) is 3.60. The summed E-state index contributed by atoms with van der Waals surface area (Å²) in [5, 5.41) is 3.30. The number of pyridine rings is 1. The molecule has 1 N–H and O–H groups in total. The number of aryl methyl sites for hydroxylation is 2. The number of hydrogen-bond donors (Lipinski definition) is 1. The molecule has 2 aromatic heterocycles. The summed E-state index contributed by atoms with van der Waals surface area (Å²) < 4.78 is 0. The predicted molar refractivity (Wildman–Crippen MR) is 84.5 cm³/mol. The van der Waals surface area contributed by atoms with Gasteiger partial charge in [0.05, 0.1) is 0 Å². The fraction of sp³-hybridized carbons (Fsp3) is 0.118.